The molecule has 0 fully saturated rings. The standard InChI is InChI=1S/C14H11NO6/c1-15-5-8(10(16)4-11(17)14(18)19)7-2-12-13(3-9(7)15)21-6-20-12/h2-5,16H,6H2,1H3,(H,18,19)/b10-4+. The summed E-state index contributed by atoms with van der Waals surface area (Å²) in [6.07, 6.45) is 2.28. The maximum absolute atomic E-state index is 11.2. The number of aryl methyl sites for hydroxylation is 1. The molecule has 7 heteroatoms. The number of nitrogens with zero attached hydrogens (tertiary/aromatic N) is 1. The average Bonchev–Trinajstić information content (AvgIpc) is 3.01. The monoisotopic (exact) mass is 289 g/mol. The molecule has 1 aromatic heterocycles. The molecule has 0 bridgehead atoms. The predicted molar refractivity (Wildman–Crippen MR) is 72.3 cm³/mol. The number of carbonyl (C=O) groups is 2. The van der Waals surface area contributed by atoms with E-state index < -0.39 is 17.5 Å². The number of ether oxygens (including phenoxy) is 2. The number of rotatable bonds is 3. The van der Waals surface area contributed by atoms with E-state index in [-0.39, 0.29) is 6.79 Å². The lowest BCUT2D eigenvalue weighted by Crippen LogP contribution is -2.09. The van der Waals surface area contributed by atoms with Gasteiger partial charge in [0.05, 0.1) is 5.52 Å². The van der Waals surface area contributed by atoms with Gasteiger partial charge in [0.15, 0.2) is 11.5 Å². The number of carbonyl (C=O) groups excluding carboxylic acids is 1. The van der Waals surface area contributed by atoms with Crippen LogP contribution in [0.5, 0.6) is 11.5 Å². The fourth-order valence-corrected chi connectivity index (χ4v) is 2.24. The van der Waals surface area contributed by atoms with Crippen molar-refractivity contribution < 1.29 is 29.3 Å². The number of benzene rings is 1. The van der Waals surface area contributed by atoms with Crippen molar-refractivity contribution in [2.24, 2.45) is 7.05 Å². The molecule has 108 valence electrons. The second-order valence-corrected chi connectivity index (χ2v) is 4.58. The first-order valence-corrected chi connectivity index (χ1v) is 6.04. The van der Waals surface area contributed by atoms with Crippen molar-refractivity contribution in [1.29, 1.82) is 0 Å². The number of hydrogen-bond donors (Lipinski definition) is 2. The number of fused-ring (bicyclic) bond motifs is 2. The van der Waals surface area contributed by atoms with Crippen LogP contribution in [-0.2, 0) is 16.6 Å². The van der Waals surface area contributed by atoms with Crippen molar-refractivity contribution in [1.82, 2.24) is 4.57 Å². The van der Waals surface area contributed by atoms with Gasteiger partial charge in [0, 0.05) is 36.3 Å². The summed E-state index contributed by atoms with van der Waals surface area (Å²) in [5.74, 6) is -2.09. The first-order chi connectivity index (χ1) is 9.97. The van der Waals surface area contributed by atoms with E-state index in [4.69, 9.17) is 14.6 Å². The molecule has 0 saturated carbocycles. The molecule has 2 heterocycles. The van der Waals surface area contributed by atoms with Crippen molar-refractivity contribution in [3.8, 4) is 11.5 Å². The Balaban J connectivity index is 2.15. The lowest BCUT2D eigenvalue weighted by molar-refractivity contribution is -0.146. The van der Waals surface area contributed by atoms with E-state index in [0.29, 0.717) is 28.5 Å². The first-order valence-electron chi connectivity index (χ1n) is 6.04. The number of carboxylic acids is 1. The van der Waals surface area contributed by atoms with Crippen LogP contribution in [0.1, 0.15) is 5.56 Å². The van der Waals surface area contributed by atoms with Crippen LogP contribution in [0.25, 0.3) is 16.7 Å². The minimum Gasteiger partial charge on any atom is -0.507 e. The van der Waals surface area contributed by atoms with E-state index in [1.54, 1.807) is 29.9 Å². The number of ketones is 1. The van der Waals surface area contributed by atoms with E-state index in [9.17, 15) is 14.7 Å². The number of aliphatic carboxylic acids is 1. The van der Waals surface area contributed by atoms with Crippen molar-refractivity contribution >= 4 is 28.4 Å². The maximum atomic E-state index is 11.2. The molecule has 0 spiro atoms. The van der Waals surface area contributed by atoms with Crippen LogP contribution in [0.3, 0.4) is 0 Å². The Morgan fingerprint density at radius 2 is 1.90 bits per heavy atom. The van der Waals surface area contributed by atoms with Gasteiger partial charge >= 0.3 is 5.97 Å². The fraction of sp³-hybridized carbons (Fsp3) is 0.143. The molecule has 0 atom stereocenters. The quantitative estimate of drug-likeness (QED) is 0.504. The van der Waals surface area contributed by atoms with E-state index in [2.05, 4.69) is 0 Å². The van der Waals surface area contributed by atoms with Gasteiger partial charge in [0.25, 0.3) is 5.78 Å². The zero-order valence-corrected chi connectivity index (χ0v) is 11.0. The molecule has 7 nitrogen and oxygen atoms in total. The molecule has 2 N–H and O–H groups in total. The average molecular weight is 289 g/mol. The number of hydrogen-bond acceptors (Lipinski definition) is 5. The summed E-state index contributed by atoms with van der Waals surface area (Å²) < 4.78 is 12.3. The molecule has 3 rings (SSSR count). The maximum Gasteiger partial charge on any atom is 0.376 e. The third-order valence-corrected chi connectivity index (χ3v) is 3.24. The summed E-state index contributed by atoms with van der Waals surface area (Å²) >= 11 is 0. The largest absolute Gasteiger partial charge is 0.507 e. The van der Waals surface area contributed by atoms with Crippen molar-refractivity contribution in [2.75, 3.05) is 6.79 Å². The highest BCUT2D eigenvalue weighted by molar-refractivity contribution is 6.38. The van der Waals surface area contributed by atoms with Gasteiger partial charge in [-0.25, -0.2) is 4.79 Å². The topological polar surface area (TPSA) is 98.0 Å². The molecule has 0 unspecified atom stereocenters. The van der Waals surface area contributed by atoms with Gasteiger partial charge in [0.2, 0.25) is 6.79 Å². The smallest absolute Gasteiger partial charge is 0.376 e. The predicted octanol–water partition coefficient (Wildman–Crippen LogP) is 1.46. The zero-order valence-electron chi connectivity index (χ0n) is 11.0. The Morgan fingerprint density at radius 3 is 2.57 bits per heavy atom. The minimum absolute atomic E-state index is 0.125. The Bertz CT molecular complexity index is 801. The van der Waals surface area contributed by atoms with Crippen LogP contribution >= 0.6 is 0 Å². The molecule has 1 aliphatic heterocycles. The third-order valence-electron chi connectivity index (χ3n) is 3.24. The summed E-state index contributed by atoms with van der Waals surface area (Å²) in [6.45, 7) is 0.125. The van der Waals surface area contributed by atoms with Crippen molar-refractivity contribution in [3.63, 3.8) is 0 Å². The number of aliphatic hydroxyl groups excluding tert-OH is 1. The zero-order chi connectivity index (χ0) is 15.1. The summed E-state index contributed by atoms with van der Waals surface area (Å²) in [6, 6.07) is 3.44. The SMILES string of the molecule is Cn1cc(/C(O)=C\C(=O)C(=O)O)c2cc3c(cc21)OCO3. The second-order valence-electron chi connectivity index (χ2n) is 4.58. The summed E-state index contributed by atoms with van der Waals surface area (Å²) in [4.78, 5) is 21.7. The molecule has 21 heavy (non-hydrogen) atoms. The van der Waals surface area contributed by atoms with Crippen molar-refractivity contribution in [2.45, 2.75) is 0 Å². The van der Waals surface area contributed by atoms with Gasteiger partial charge in [-0.2, -0.15) is 0 Å². The molecular weight excluding hydrogens is 278 g/mol. The van der Waals surface area contributed by atoms with Gasteiger partial charge in [-0.3, -0.25) is 4.79 Å². The molecule has 2 aromatic rings. The van der Waals surface area contributed by atoms with Crippen LogP contribution in [0.4, 0.5) is 0 Å². The summed E-state index contributed by atoms with van der Waals surface area (Å²) in [7, 11) is 1.76. The number of aromatic nitrogens is 1. The summed E-state index contributed by atoms with van der Waals surface area (Å²) in [5, 5.41) is 19.2. The van der Waals surface area contributed by atoms with Gasteiger partial charge in [-0.15, -0.1) is 0 Å². The molecule has 0 saturated heterocycles. The van der Waals surface area contributed by atoms with E-state index >= 15 is 0 Å². The Kier molecular flexibility index (Phi) is 2.83. The van der Waals surface area contributed by atoms with Crippen LogP contribution in [0.2, 0.25) is 0 Å². The van der Waals surface area contributed by atoms with Crippen LogP contribution in [0, 0.1) is 0 Å². The Labute approximate surface area is 118 Å². The van der Waals surface area contributed by atoms with Gasteiger partial charge in [-0.1, -0.05) is 0 Å². The van der Waals surface area contributed by atoms with Crippen LogP contribution in [0.15, 0.2) is 24.4 Å². The summed E-state index contributed by atoms with van der Waals surface area (Å²) in [5.41, 5.74) is 1.11. The van der Waals surface area contributed by atoms with Gasteiger partial charge in [-0.05, 0) is 6.07 Å². The number of aliphatic hydroxyl groups is 1. The minimum atomic E-state index is -1.63. The molecule has 1 aliphatic rings. The van der Waals surface area contributed by atoms with Gasteiger partial charge < -0.3 is 24.3 Å². The first kappa shape index (κ1) is 13.0. The van der Waals surface area contributed by atoms with E-state index in [1.807, 2.05) is 0 Å². The highest BCUT2D eigenvalue weighted by Crippen LogP contribution is 2.38. The highest BCUT2D eigenvalue weighted by Gasteiger charge is 2.20. The molecule has 1 aromatic carbocycles. The third kappa shape index (κ3) is 2.08. The Hall–Kier alpha value is -2.96. The highest BCUT2D eigenvalue weighted by atomic mass is 16.7. The lowest BCUT2D eigenvalue weighted by Gasteiger charge is -2.00. The van der Waals surface area contributed by atoms with E-state index in [1.165, 1.54) is 0 Å². The van der Waals surface area contributed by atoms with Crippen LogP contribution < -0.4 is 9.47 Å². The molecule has 0 radical (unpaired) electrons. The Morgan fingerprint density at radius 1 is 1.24 bits per heavy atom. The van der Waals surface area contributed by atoms with Crippen molar-refractivity contribution in [3.05, 3.63) is 30.0 Å². The van der Waals surface area contributed by atoms with Gasteiger partial charge in [0.1, 0.15) is 5.76 Å². The molecule has 0 aliphatic carbocycles. The van der Waals surface area contributed by atoms with E-state index in [0.717, 1.165) is 5.52 Å². The van der Waals surface area contributed by atoms with Crippen LogP contribution in [-0.4, -0.2) is 33.3 Å². The second kappa shape index (κ2) is 4.55. The number of carboxylic acid groups (broad SMARTS) is 1. The molecule has 0 amide bonds. The normalized spacial score (nSPS) is 13.7. The lowest BCUT2D eigenvalue weighted by atomic mass is 10.1. The fourth-order valence-electron chi connectivity index (χ4n) is 2.24. The molecular formula is C14H11NO6.